The van der Waals surface area contributed by atoms with Crippen molar-refractivity contribution in [1.29, 1.82) is 0 Å². The van der Waals surface area contributed by atoms with Crippen LogP contribution < -0.4 is 10.1 Å². The fourth-order valence-electron chi connectivity index (χ4n) is 2.88. The van der Waals surface area contributed by atoms with Crippen LogP contribution in [0.25, 0.3) is 0 Å². The van der Waals surface area contributed by atoms with E-state index in [1.165, 1.54) is 25.7 Å². The van der Waals surface area contributed by atoms with Gasteiger partial charge in [0, 0.05) is 31.2 Å². The van der Waals surface area contributed by atoms with Gasteiger partial charge in [0.15, 0.2) is 11.5 Å². The Balaban J connectivity index is 1.73. The largest absolute Gasteiger partial charge is 0.504 e. The standard InChI is InChI=1S/C16H26N2O2/c1-18(14-7-3-4-8-14)11-10-17-12-13-6-5-9-15(20-2)16(13)19/h5-6,9,14,17,19H,3-4,7-8,10-12H2,1-2H3. The summed E-state index contributed by atoms with van der Waals surface area (Å²) in [6, 6.07) is 6.36. The summed E-state index contributed by atoms with van der Waals surface area (Å²) in [7, 11) is 3.78. The summed E-state index contributed by atoms with van der Waals surface area (Å²) in [6.45, 7) is 2.65. The van der Waals surface area contributed by atoms with Crippen LogP contribution in [0, 0.1) is 0 Å². The van der Waals surface area contributed by atoms with Crippen molar-refractivity contribution in [1.82, 2.24) is 10.2 Å². The predicted molar refractivity (Wildman–Crippen MR) is 81.3 cm³/mol. The molecule has 1 fully saturated rings. The highest BCUT2D eigenvalue weighted by Gasteiger charge is 2.18. The summed E-state index contributed by atoms with van der Waals surface area (Å²) in [6.07, 6.45) is 5.43. The average Bonchev–Trinajstić information content (AvgIpc) is 2.99. The molecule has 4 nitrogen and oxygen atoms in total. The van der Waals surface area contributed by atoms with Crippen LogP contribution in [0.5, 0.6) is 11.5 Å². The maximum Gasteiger partial charge on any atom is 0.162 e. The Bertz CT molecular complexity index is 417. The highest BCUT2D eigenvalue weighted by atomic mass is 16.5. The monoisotopic (exact) mass is 278 g/mol. The molecule has 0 aromatic heterocycles. The van der Waals surface area contributed by atoms with Crippen molar-refractivity contribution >= 4 is 0 Å². The van der Waals surface area contributed by atoms with Crippen molar-refractivity contribution in [2.75, 3.05) is 27.2 Å². The number of phenolic OH excluding ortho intramolecular Hbond substituents is 1. The van der Waals surface area contributed by atoms with E-state index < -0.39 is 0 Å². The molecule has 1 aliphatic carbocycles. The molecule has 0 bridgehead atoms. The van der Waals surface area contributed by atoms with Gasteiger partial charge in [0.2, 0.25) is 0 Å². The Hall–Kier alpha value is -1.26. The molecule has 0 atom stereocenters. The minimum absolute atomic E-state index is 0.242. The van der Waals surface area contributed by atoms with Crippen molar-refractivity contribution in [3.63, 3.8) is 0 Å². The molecule has 0 heterocycles. The Labute approximate surface area is 121 Å². The van der Waals surface area contributed by atoms with Crippen LogP contribution in [-0.2, 0) is 6.54 Å². The molecular weight excluding hydrogens is 252 g/mol. The SMILES string of the molecule is COc1cccc(CNCCN(C)C2CCCC2)c1O. The van der Waals surface area contributed by atoms with Crippen LogP contribution >= 0.6 is 0 Å². The first-order valence-electron chi connectivity index (χ1n) is 7.48. The number of likely N-dealkylation sites (N-methyl/N-ethyl adjacent to an activating group) is 1. The molecule has 0 unspecified atom stereocenters. The van der Waals surface area contributed by atoms with Gasteiger partial charge in [0.1, 0.15) is 0 Å². The third-order valence-corrected chi connectivity index (χ3v) is 4.21. The van der Waals surface area contributed by atoms with Crippen molar-refractivity contribution in [3.05, 3.63) is 23.8 Å². The number of nitrogens with zero attached hydrogens (tertiary/aromatic N) is 1. The van der Waals surface area contributed by atoms with E-state index in [2.05, 4.69) is 17.3 Å². The van der Waals surface area contributed by atoms with Gasteiger partial charge in [-0.05, 0) is 26.0 Å². The summed E-state index contributed by atoms with van der Waals surface area (Å²) in [5.74, 6) is 0.777. The molecule has 0 aliphatic heterocycles. The Kier molecular flexibility index (Phi) is 5.68. The van der Waals surface area contributed by atoms with E-state index in [4.69, 9.17) is 4.74 Å². The summed E-state index contributed by atoms with van der Waals surface area (Å²) >= 11 is 0. The van der Waals surface area contributed by atoms with Gasteiger partial charge in [-0.25, -0.2) is 0 Å². The van der Waals surface area contributed by atoms with Crippen LogP contribution in [0.15, 0.2) is 18.2 Å². The number of nitrogens with one attached hydrogen (secondary N) is 1. The number of aromatic hydroxyl groups is 1. The van der Waals surface area contributed by atoms with E-state index in [9.17, 15) is 5.11 Å². The Morgan fingerprint density at radius 1 is 1.35 bits per heavy atom. The van der Waals surface area contributed by atoms with Crippen molar-refractivity contribution in [3.8, 4) is 11.5 Å². The van der Waals surface area contributed by atoms with Gasteiger partial charge in [-0.1, -0.05) is 25.0 Å². The molecule has 1 aromatic rings. The zero-order valence-corrected chi connectivity index (χ0v) is 12.6. The molecule has 1 saturated carbocycles. The van der Waals surface area contributed by atoms with E-state index in [0.29, 0.717) is 12.3 Å². The number of ether oxygens (including phenoxy) is 1. The lowest BCUT2D eigenvalue weighted by Gasteiger charge is -2.24. The Morgan fingerprint density at radius 3 is 2.80 bits per heavy atom. The molecular formula is C16H26N2O2. The third kappa shape index (κ3) is 3.87. The van der Waals surface area contributed by atoms with Gasteiger partial charge in [-0.15, -0.1) is 0 Å². The summed E-state index contributed by atoms with van der Waals surface area (Å²) < 4.78 is 5.11. The van der Waals surface area contributed by atoms with E-state index in [0.717, 1.165) is 24.7 Å². The maximum atomic E-state index is 9.99. The van der Waals surface area contributed by atoms with E-state index in [1.54, 1.807) is 13.2 Å². The van der Waals surface area contributed by atoms with Gasteiger partial charge in [0.25, 0.3) is 0 Å². The lowest BCUT2D eigenvalue weighted by molar-refractivity contribution is 0.245. The number of phenols is 1. The molecule has 112 valence electrons. The average molecular weight is 278 g/mol. The van der Waals surface area contributed by atoms with Gasteiger partial charge in [0.05, 0.1) is 7.11 Å². The highest BCUT2D eigenvalue weighted by molar-refractivity contribution is 5.45. The number of hydrogen-bond acceptors (Lipinski definition) is 4. The third-order valence-electron chi connectivity index (χ3n) is 4.21. The minimum Gasteiger partial charge on any atom is -0.504 e. The van der Waals surface area contributed by atoms with Crippen LogP contribution in [0.1, 0.15) is 31.2 Å². The minimum atomic E-state index is 0.242. The molecule has 20 heavy (non-hydrogen) atoms. The van der Waals surface area contributed by atoms with Crippen molar-refractivity contribution in [2.24, 2.45) is 0 Å². The second-order valence-corrected chi connectivity index (χ2v) is 5.56. The molecule has 2 N–H and O–H groups in total. The second-order valence-electron chi connectivity index (χ2n) is 5.56. The highest BCUT2D eigenvalue weighted by Crippen LogP contribution is 2.29. The fourth-order valence-corrected chi connectivity index (χ4v) is 2.88. The van der Waals surface area contributed by atoms with Gasteiger partial charge in [-0.2, -0.15) is 0 Å². The number of rotatable bonds is 7. The first kappa shape index (κ1) is 15.1. The zero-order valence-electron chi connectivity index (χ0n) is 12.6. The molecule has 0 amide bonds. The van der Waals surface area contributed by atoms with Gasteiger partial charge < -0.3 is 20.1 Å². The van der Waals surface area contributed by atoms with E-state index >= 15 is 0 Å². The summed E-state index contributed by atoms with van der Waals surface area (Å²) in [4.78, 5) is 2.45. The van der Waals surface area contributed by atoms with Crippen LogP contribution in [0.2, 0.25) is 0 Å². The normalized spacial score (nSPS) is 15.9. The fraction of sp³-hybridized carbons (Fsp3) is 0.625. The second kappa shape index (κ2) is 7.50. The quantitative estimate of drug-likeness (QED) is 0.752. The maximum absolute atomic E-state index is 9.99. The van der Waals surface area contributed by atoms with Crippen LogP contribution in [0.3, 0.4) is 0 Å². The molecule has 1 aliphatic rings. The van der Waals surface area contributed by atoms with Crippen LogP contribution in [-0.4, -0.2) is 43.3 Å². The molecule has 0 saturated heterocycles. The number of benzene rings is 1. The van der Waals surface area contributed by atoms with Crippen molar-refractivity contribution < 1.29 is 9.84 Å². The van der Waals surface area contributed by atoms with Crippen LogP contribution in [0.4, 0.5) is 0 Å². The predicted octanol–water partition coefficient (Wildman–Crippen LogP) is 2.36. The van der Waals surface area contributed by atoms with Crippen molar-refractivity contribution in [2.45, 2.75) is 38.3 Å². The van der Waals surface area contributed by atoms with Gasteiger partial charge in [-0.3, -0.25) is 0 Å². The first-order chi connectivity index (χ1) is 9.72. The van der Waals surface area contributed by atoms with E-state index in [-0.39, 0.29) is 5.75 Å². The summed E-state index contributed by atoms with van der Waals surface area (Å²) in [5, 5.41) is 13.4. The lowest BCUT2D eigenvalue weighted by Crippen LogP contribution is -2.35. The Morgan fingerprint density at radius 2 is 2.10 bits per heavy atom. The molecule has 4 heteroatoms. The molecule has 0 radical (unpaired) electrons. The van der Waals surface area contributed by atoms with E-state index in [1.807, 2.05) is 12.1 Å². The first-order valence-corrected chi connectivity index (χ1v) is 7.48. The lowest BCUT2D eigenvalue weighted by atomic mass is 10.2. The smallest absolute Gasteiger partial charge is 0.162 e. The number of para-hydroxylation sites is 1. The molecule has 2 rings (SSSR count). The molecule has 0 spiro atoms. The number of hydrogen-bond donors (Lipinski definition) is 2. The van der Waals surface area contributed by atoms with Gasteiger partial charge >= 0.3 is 0 Å². The zero-order chi connectivity index (χ0) is 14.4. The molecule has 1 aromatic carbocycles. The number of methoxy groups -OCH3 is 1. The topological polar surface area (TPSA) is 44.7 Å². The summed E-state index contributed by atoms with van der Waals surface area (Å²) in [5.41, 5.74) is 0.882.